The Kier molecular flexibility index (Phi) is 5.09. The zero-order valence-electron chi connectivity index (χ0n) is 13.5. The minimum Gasteiger partial charge on any atom is -0.386 e. The van der Waals surface area contributed by atoms with E-state index in [4.69, 9.17) is 0 Å². The first-order valence-electron chi connectivity index (χ1n) is 8.16. The van der Waals surface area contributed by atoms with Crippen LogP contribution in [0, 0.1) is 5.82 Å². The molecule has 2 aromatic carbocycles. The van der Waals surface area contributed by atoms with Crippen molar-refractivity contribution in [1.82, 2.24) is 10.6 Å². The topological polar surface area (TPSA) is 78.4 Å². The van der Waals surface area contributed by atoms with Crippen molar-refractivity contribution < 1.29 is 19.1 Å². The van der Waals surface area contributed by atoms with E-state index in [-0.39, 0.29) is 24.1 Å². The summed E-state index contributed by atoms with van der Waals surface area (Å²) in [4.78, 5) is 24.0. The molecule has 0 aromatic heterocycles. The third-order valence-electron chi connectivity index (χ3n) is 4.04. The first kappa shape index (κ1) is 17.1. The highest BCUT2D eigenvalue weighted by molar-refractivity contribution is 5.98. The number of hydrogen-bond acceptors (Lipinski definition) is 3. The Balaban J connectivity index is 1.55. The van der Waals surface area contributed by atoms with E-state index >= 15 is 0 Å². The van der Waals surface area contributed by atoms with Crippen LogP contribution >= 0.6 is 0 Å². The third kappa shape index (κ3) is 4.42. The van der Waals surface area contributed by atoms with Crippen LogP contribution in [0.4, 0.5) is 4.39 Å². The van der Waals surface area contributed by atoms with Gasteiger partial charge in [-0.3, -0.25) is 9.59 Å². The van der Waals surface area contributed by atoms with E-state index in [1.165, 1.54) is 18.2 Å². The predicted octanol–water partition coefficient (Wildman–Crippen LogP) is 2.18. The molecule has 1 aliphatic carbocycles. The molecule has 1 unspecified atom stereocenters. The van der Waals surface area contributed by atoms with Crippen LogP contribution < -0.4 is 10.6 Å². The van der Waals surface area contributed by atoms with Gasteiger partial charge in [-0.2, -0.15) is 0 Å². The van der Waals surface area contributed by atoms with Crippen molar-refractivity contribution >= 4 is 11.8 Å². The summed E-state index contributed by atoms with van der Waals surface area (Å²) in [6, 6.07) is 12.4. The molecule has 1 fully saturated rings. The fraction of sp³-hybridized carbons (Fsp3) is 0.263. The molecule has 2 aromatic rings. The van der Waals surface area contributed by atoms with Crippen LogP contribution in [0.25, 0.3) is 0 Å². The molecule has 130 valence electrons. The van der Waals surface area contributed by atoms with E-state index in [1.807, 2.05) is 0 Å². The Bertz CT molecular complexity index is 772. The van der Waals surface area contributed by atoms with Gasteiger partial charge in [0.05, 0.1) is 6.10 Å². The summed E-state index contributed by atoms with van der Waals surface area (Å²) in [5, 5.41) is 15.4. The Morgan fingerprint density at radius 1 is 1.04 bits per heavy atom. The SMILES string of the molecule is O=C(NCC(O)c1ccccc1F)c1ccc(C(=O)NC2CC2)cc1. The summed E-state index contributed by atoms with van der Waals surface area (Å²) >= 11 is 0. The second-order valence-corrected chi connectivity index (χ2v) is 6.07. The van der Waals surface area contributed by atoms with Crippen molar-refractivity contribution in [3.05, 3.63) is 71.0 Å². The molecule has 0 aliphatic heterocycles. The van der Waals surface area contributed by atoms with Crippen LogP contribution in [-0.2, 0) is 0 Å². The van der Waals surface area contributed by atoms with Gasteiger partial charge in [-0.25, -0.2) is 4.39 Å². The van der Waals surface area contributed by atoms with Crippen LogP contribution in [0.2, 0.25) is 0 Å². The maximum atomic E-state index is 13.6. The summed E-state index contributed by atoms with van der Waals surface area (Å²) in [5.74, 6) is -1.07. The Morgan fingerprint density at radius 3 is 2.24 bits per heavy atom. The standard InChI is InChI=1S/C19H19FN2O3/c20-16-4-2-1-3-15(16)17(23)11-21-18(24)12-5-7-13(8-6-12)19(25)22-14-9-10-14/h1-8,14,17,23H,9-11H2,(H,21,24)(H,22,25). The number of hydrogen-bond donors (Lipinski definition) is 3. The number of carbonyl (C=O) groups excluding carboxylic acids is 2. The maximum Gasteiger partial charge on any atom is 0.251 e. The number of halogens is 1. The van der Waals surface area contributed by atoms with Gasteiger partial charge in [-0.1, -0.05) is 18.2 Å². The molecule has 5 nitrogen and oxygen atoms in total. The largest absolute Gasteiger partial charge is 0.386 e. The van der Waals surface area contributed by atoms with Crippen molar-refractivity contribution in [2.45, 2.75) is 25.0 Å². The summed E-state index contributed by atoms with van der Waals surface area (Å²) in [6.07, 6.45) is 0.890. The van der Waals surface area contributed by atoms with Gasteiger partial charge in [0.25, 0.3) is 11.8 Å². The quantitative estimate of drug-likeness (QED) is 0.753. The Labute approximate surface area is 144 Å². The molecular formula is C19H19FN2O3. The van der Waals surface area contributed by atoms with Crippen LogP contribution in [0.3, 0.4) is 0 Å². The maximum absolute atomic E-state index is 13.6. The minimum absolute atomic E-state index is 0.107. The molecule has 3 rings (SSSR count). The fourth-order valence-corrected chi connectivity index (χ4v) is 2.42. The van der Waals surface area contributed by atoms with Crippen LogP contribution in [0.1, 0.15) is 45.2 Å². The van der Waals surface area contributed by atoms with Crippen LogP contribution in [0.5, 0.6) is 0 Å². The molecule has 0 heterocycles. The van der Waals surface area contributed by atoms with Gasteiger partial charge in [-0.15, -0.1) is 0 Å². The lowest BCUT2D eigenvalue weighted by Gasteiger charge is -2.13. The lowest BCUT2D eigenvalue weighted by molar-refractivity contribution is 0.0911. The normalized spacial score (nSPS) is 14.6. The highest BCUT2D eigenvalue weighted by Crippen LogP contribution is 2.19. The van der Waals surface area contributed by atoms with Gasteiger partial charge in [0, 0.05) is 29.3 Å². The van der Waals surface area contributed by atoms with Gasteiger partial charge >= 0.3 is 0 Å². The third-order valence-corrected chi connectivity index (χ3v) is 4.04. The molecular weight excluding hydrogens is 323 g/mol. The number of carbonyl (C=O) groups is 2. The summed E-state index contributed by atoms with van der Waals surface area (Å²) in [7, 11) is 0. The van der Waals surface area contributed by atoms with Crippen molar-refractivity contribution in [2.75, 3.05) is 6.54 Å². The average molecular weight is 342 g/mol. The van der Waals surface area contributed by atoms with Gasteiger partial charge in [-0.05, 0) is 43.2 Å². The lowest BCUT2D eigenvalue weighted by Crippen LogP contribution is -2.29. The number of nitrogens with one attached hydrogen (secondary N) is 2. The number of benzene rings is 2. The van der Waals surface area contributed by atoms with Gasteiger partial charge < -0.3 is 15.7 Å². The number of amides is 2. The van der Waals surface area contributed by atoms with Crippen molar-refractivity contribution in [2.24, 2.45) is 0 Å². The number of rotatable bonds is 6. The van der Waals surface area contributed by atoms with Gasteiger partial charge in [0.2, 0.25) is 0 Å². The van der Waals surface area contributed by atoms with E-state index in [1.54, 1.807) is 30.3 Å². The summed E-state index contributed by atoms with van der Waals surface area (Å²) in [6.45, 7) is -0.107. The number of aliphatic hydroxyl groups excluding tert-OH is 1. The zero-order chi connectivity index (χ0) is 17.8. The van der Waals surface area contributed by atoms with Crippen molar-refractivity contribution in [3.63, 3.8) is 0 Å². The van der Waals surface area contributed by atoms with E-state index in [2.05, 4.69) is 10.6 Å². The van der Waals surface area contributed by atoms with Crippen molar-refractivity contribution in [1.29, 1.82) is 0 Å². The fourth-order valence-electron chi connectivity index (χ4n) is 2.42. The first-order chi connectivity index (χ1) is 12.0. The van der Waals surface area contributed by atoms with E-state index in [9.17, 15) is 19.1 Å². The van der Waals surface area contributed by atoms with Gasteiger partial charge in [0.1, 0.15) is 5.82 Å². The molecule has 1 saturated carbocycles. The summed E-state index contributed by atoms with van der Waals surface area (Å²) < 4.78 is 13.6. The second kappa shape index (κ2) is 7.44. The molecule has 0 bridgehead atoms. The Hall–Kier alpha value is -2.73. The van der Waals surface area contributed by atoms with Crippen molar-refractivity contribution in [3.8, 4) is 0 Å². The molecule has 25 heavy (non-hydrogen) atoms. The molecule has 6 heteroatoms. The predicted molar refractivity (Wildman–Crippen MR) is 90.6 cm³/mol. The molecule has 0 saturated heterocycles. The van der Waals surface area contributed by atoms with E-state index < -0.39 is 17.8 Å². The first-order valence-corrected chi connectivity index (χ1v) is 8.16. The lowest BCUT2D eigenvalue weighted by atomic mass is 10.1. The molecule has 2 amide bonds. The second-order valence-electron chi connectivity index (χ2n) is 6.07. The highest BCUT2D eigenvalue weighted by atomic mass is 19.1. The zero-order valence-corrected chi connectivity index (χ0v) is 13.5. The monoisotopic (exact) mass is 342 g/mol. The average Bonchev–Trinajstić information content (AvgIpc) is 3.44. The molecule has 0 radical (unpaired) electrons. The van der Waals surface area contributed by atoms with Gasteiger partial charge in [0.15, 0.2) is 0 Å². The van der Waals surface area contributed by atoms with Crippen LogP contribution in [-0.4, -0.2) is 29.5 Å². The molecule has 1 atom stereocenters. The molecule has 3 N–H and O–H groups in total. The minimum atomic E-state index is -1.13. The van der Waals surface area contributed by atoms with E-state index in [0.29, 0.717) is 11.1 Å². The molecule has 1 aliphatic rings. The smallest absolute Gasteiger partial charge is 0.251 e. The molecule has 0 spiro atoms. The summed E-state index contributed by atoms with van der Waals surface area (Å²) in [5.41, 5.74) is 0.994. The van der Waals surface area contributed by atoms with E-state index in [0.717, 1.165) is 12.8 Å². The number of aliphatic hydroxyl groups is 1. The Morgan fingerprint density at radius 2 is 1.64 bits per heavy atom. The highest BCUT2D eigenvalue weighted by Gasteiger charge is 2.23. The van der Waals surface area contributed by atoms with Crippen LogP contribution in [0.15, 0.2) is 48.5 Å².